The van der Waals surface area contributed by atoms with E-state index in [1.807, 2.05) is 0 Å². The molecule has 0 fully saturated rings. The molecule has 0 unspecified atom stereocenters. The Kier molecular flexibility index (Phi) is 7.08. The third-order valence-corrected chi connectivity index (χ3v) is 4.69. The number of nitro groups is 1. The van der Waals surface area contributed by atoms with Crippen molar-refractivity contribution in [1.29, 1.82) is 0 Å². The minimum absolute atomic E-state index is 0.00229. The molecule has 0 N–H and O–H groups in total. The van der Waals surface area contributed by atoms with Gasteiger partial charge in [0.15, 0.2) is 5.75 Å². The summed E-state index contributed by atoms with van der Waals surface area (Å²) in [5.41, 5.74) is -0.281. The van der Waals surface area contributed by atoms with E-state index < -0.39 is 10.7 Å². The van der Waals surface area contributed by atoms with Crippen LogP contribution in [-0.4, -0.2) is 16.9 Å². The van der Waals surface area contributed by atoms with Gasteiger partial charge in [0.25, 0.3) is 0 Å². The van der Waals surface area contributed by atoms with E-state index in [1.165, 1.54) is 0 Å². The van der Waals surface area contributed by atoms with Gasteiger partial charge in [-0.05, 0) is 18.9 Å². The fraction of sp³-hybridized carbons (Fsp3) is 0.600. The predicted octanol–water partition coefficient (Wildman–Crippen LogP) is 5.09. The Balaban J connectivity index is 2.93. The monoisotopic (exact) mass is 361 g/mol. The van der Waals surface area contributed by atoms with Crippen molar-refractivity contribution in [3.63, 3.8) is 0 Å². The summed E-state index contributed by atoms with van der Waals surface area (Å²) in [6.45, 7) is 4.53. The van der Waals surface area contributed by atoms with Crippen molar-refractivity contribution >= 4 is 21.6 Å². The van der Waals surface area contributed by atoms with Gasteiger partial charge in [0.1, 0.15) is 5.82 Å². The second-order valence-corrected chi connectivity index (χ2v) is 5.85. The van der Waals surface area contributed by atoms with Crippen molar-refractivity contribution in [2.24, 2.45) is 5.41 Å². The molecule has 0 aromatic heterocycles. The van der Waals surface area contributed by atoms with Gasteiger partial charge in [0.2, 0.25) is 0 Å². The van der Waals surface area contributed by atoms with E-state index in [2.05, 4.69) is 29.8 Å². The van der Waals surface area contributed by atoms with Crippen molar-refractivity contribution in [2.75, 3.05) is 11.9 Å². The summed E-state index contributed by atoms with van der Waals surface area (Å²) in [6.07, 6.45) is 3.91. The van der Waals surface area contributed by atoms with Crippen LogP contribution < -0.4 is 4.74 Å². The minimum atomic E-state index is -0.551. The van der Waals surface area contributed by atoms with E-state index in [-0.39, 0.29) is 16.9 Å². The maximum atomic E-state index is 13.3. The van der Waals surface area contributed by atoms with Crippen molar-refractivity contribution in [1.82, 2.24) is 0 Å². The van der Waals surface area contributed by atoms with Crippen molar-refractivity contribution in [3.8, 4) is 5.75 Å². The molecule has 0 heterocycles. The molecule has 0 amide bonds. The van der Waals surface area contributed by atoms with E-state index in [4.69, 9.17) is 4.74 Å². The van der Waals surface area contributed by atoms with E-state index in [9.17, 15) is 14.5 Å². The zero-order valence-corrected chi connectivity index (χ0v) is 14.0. The predicted molar refractivity (Wildman–Crippen MR) is 84.6 cm³/mol. The first-order valence-electron chi connectivity index (χ1n) is 7.10. The largest absolute Gasteiger partial charge is 0.486 e. The highest BCUT2D eigenvalue weighted by Crippen LogP contribution is 2.35. The molecule has 0 radical (unpaired) electrons. The fourth-order valence-electron chi connectivity index (χ4n) is 2.49. The van der Waals surface area contributed by atoms with Crippen LogP contribution in [0.1, 0.15) is 39.5 Å². The number of nitrogens with zero attached hydrogens (tertiary/aromatic N) is 1. The quantitative estimate of drug-likeness (QED) is 0.349. The van der Waals surface area contributed by atoms with E-state index >= 15 is 0 Å². The highest BCUT2D eigenvalue weighted by molar-refractivity contribution is 9.09. The molecular formula is C15H21BrFNO3. The number of rotatable bonds is 9. The lowest BCUT2D eigenvalue weighted by Gasteiger charge is -2.31. The maximum absolute atomic E-state index is 13.3. The Morgan fingerprint density at radius 3 is 2.43 bits per heavy atom. The van der Waals surface area contributed by atoms with Crippen molar-refractivity contribution in [2.45, 2.75) is 39.5 Å². The molecule has 0 saturated carbocycles. The molecule has 0 atom stereocenters. The Hall–Kier alpha value is -1.17. The molecule has 4 nitrogen and oxygen atoms in total. The molecule has 0 spiro atoms. The van der Waals surface area contributed by atoms with Gasteiger partial charge in [-0.25, -0.2) is 4.39 Å². The molecule has 1 aromatic carbocycles. The lowest BCUT2D eigenvalue weighted by Crippen LogP contribution is -2.30. The molecule has 0 aliphatic heterocycles. The third kappa shape index (κ3) is 4.95. The van der Waals surface area contributed by atoms with Crippen LogP contribution in [0, 0.1) is 21.3 Å². The van der Waals surface area contributed by atoms with Gasteiger partial charge in [0, 0.05) is 22.9 Å². The van der Waals surface area contributed by atoms with Crippen LogP contribution in [0.2, 0.25) is 0 Å². The standard InChI is InChI=1S/C15H21BrFNO3/c1-3-7-15(10-16,8-4-2)11-21-14-9-12(17)5-6-13(14)18(19)20/h5-6,9H,3-4,7-8,10-11H2,1-2H3. The van der Waals surface area contributed by atoms with Crippen LogP contribution in [0.5, 0.6) is 5.75 Å². The summed E-state index contributed by atoms with van der Waals surface area (Å²) in [5, 5.41) is 11.7. The van der Waals surface area contributed by atoms with Gasteiger partial charge in [-0.2, -0.15) is 0 Å². The normalized spacial score (nSPS) is 11.4. The van der Waals surface area contributed by atoms with E-state index in [0.717, 1.165) is 49.2 Å². The molecule has 6 heteroatoms. The molecular weight excluding hydrogens is 341 g/mol. The van der Waals surface area contributed by atoms with Crippen LogP contribution in [-0.2, 0) is 0 Å². The molecule has 0 aliphatic rings. The SMILES string of the molecule is CCCC(CBr)(CCC)COc1cc(F)ccc1[N+](=O)[O-]. The lowest BCUT2D eigenvalue weighted by atomic mass is 9.82. The summed E-state index contributed by atoms with van der Waals surface area (Å²) in [7, 11) is 0. The highest BCUT2D eigenvalue weighted by atomic mass is 79.9. The Morgan fingerprint density at radius 1 is 1.33 bits per heavy atom. The van der Waals surface area contributed by atoms with Gasteiger partial charge in [-0.3, -0.25) is 10.1 Å². The minimum Gasteiger partial charge on any atom is -0.486 e. The van der Waals surface area contributed by atoms with Crippen LogP contribution in [0.15, 0.2) is 18.2 Å². The summed E-state index contributed by atoms with van der Waals surface area (Å²) in [6, 6.07) is 3.29. The molecule has 0 saturated heterocycles. The average Bonchev–Trinajstić information content (AvgIpc) is 2.45. The van der Waals surface area contributed by atoms with Gasteiger partial charge in [-0.1, -0.05) is 42.6 Å². The third-order valence-electron chi connectivity index (χ3n) is 3.50. The van der Waals surface area contributed by atoms with Gasteiger partial charge in [0.05, 0.1) is 11.5 Å². The second kappa shape index (κ2) is 8.32. The fourth-order valence-corrected chi connectivity index (χ4v) is 3.21. The number of halogens is 2. The number of hydrogen-bond acceptors (Lipinski definition) is 3. The van der Waals surface area contributed by atoms with Crippen LogP contribution in [0.4, 0.5) is 10.1 Å². The Labute approximate surface area is 133 Å². The zero-order chi connectivity index (χ0) is 15.9. The summed E-state index contributed by atoms with van der Waals surface area (Å²) >= 11 is 3.52. The Morgan fingerprint density at radius 2 is 1.95 bits per heavy atom. The van der Waals surface area contributed by atoms with E-state index in [1.54, 1.807) is 0 Å². The van der Waals surface area contributed by atoms with Gasteiger partial charge in [-0.15, -0.1) is 0 Å². The van der Waals surface area contributed by atoms with Crippen LogP contribution in [0.25, 0.3) is 0 Å². The summed E-state index contributed by atoms with van der Waals surface area (Å²) in [4.78, 5) is 10.4. The van der Waals surface area contributed by atoms with E-state index in [0.29, 0.717) is 6.61 Å². The molecule has 0 aliphatic carbocycles. The van der Waals surface area contributed by atoms with Gasteiger partial charge >= 0.3 is 5.69 Å². The molecule has 0 bridgehead atoms. The molecule has 1 rings (SSSR count). The number of alkyl halides is 1. The zero-order valence-electron chi connectivity index (χ0n) is 12.4. The first kappa shape index (κ1) is 17.9. The first-order valence-corrected chi connectivity index (χ1v) is 8.23. The average molecular weight is 362 g/mol. The first-order chi connectivity index (χ1) is 9.98. The van der Waals surface area contributed by atoms with Crippen molar-refractivity contribution < 1.29 is 14.1 Å². The summed E-state index contributed by atoms with van der Waals surface area (Å²) in [5.74, 6) is -0.538. The number of benzene rings is 1. The topological polar surface area (TPSA) is 52.4 Å². The molecule has 21 heavy (non-hydrogen) atoms. The highest BCUT2D eigenvalue weighted by Gasteiger charge is 2.29. The number of nitro benzene ring substituents is 1. The van der Waals surface area contributed by atoms with Gasteiger partial charge < -0.3 is 4.74 Å². The smallest absolute Gasteiger partial charge is 0.311 e. The molecule has 1 aromatic rings. The maximum Gasteiger partial charge on any atom is 0.311 e. The number of ether oxygens (including phenoxy) is 1. The van der Waals surface area contributed by atoms with Crippen molar-refractivity contribution in [3.05, 3.63) is 34.1 Å². The number of hydrogen-bond donors (Lipinski definition) is 0. The second-order valence-electron chi connectivity index (χ2n) is 5.29. The summed E-state index contributed by atoms with van der Waals surface area (Å²) < 4.78 is 18.9. The Bertz CT molecular complexity index is 476. The van der Waals surface area contributed by atoms with Crippen LogP contribution >= 0.6 is 15.9 Å². The van der Waals surface area contributed by atoms with Crippen LogP contribution in [0.3, 0.4) is 0 Å². The lowest BCUT2D eigenvalue weighted by molar-refractivity contribution is -0.386. The molecule has 118 valence electrons.